The molecule has 0 saturated carbocycles. The van der Waals surface area contributed by atoms with Crippen molar-refractivity contribution in [1.29, 1.82) is 0 Å². The van der Waals surface area contributed by atoms with Gasteiger partial charge in [-0.3, -0.25) is 14.7 Å². The molecular weight excluding hydrogens is 476 g/mol. The second-order valence-electron chi connectivity index (χ2n) is 10.2. The standard InChI is InChI=1S/C30H38N6O2/c1-21-5-6-24(25-15-23(17-31-18-25)20-36-12-9-27(37)10-13-36)16-28(21)22(2)30(38)34-26-7-8-29(33-19-26)32-11-14-35(3)4/h5-8,15-19,27,37H,2,9-14,20H2,1,3-4H3,(H,32,33)(H,34,38). The average Bonchev–Trinajstić information content (AvgIpc) is 2.91. The fraction of sp³-hybridized carbons (Fsp3) is 0.367. The molecule has 0 spiro atoms. The fourth-order valence-electron chi connectivity index (χ4n) is 4.50. The van der Waals surface area contributed by atoms with E-state index in [0.29, 0.717) is 11.3 Å². The van der Waals surface area contributed by atoms with Crippen LogP contribution >= 0.6 is 0 Å². The Hall–Kier alpha value is -3.59. The third kappa shape index (κ3) is 7.47. The van der Waals surface area contributed by atoms with Crippen LogP contribution in [0, 0.1) is 6.92 Å². The SMILES string of the molecule is C=C(C(=O)Nc1ccc(NCCN(C)C)nc1)c1cc(-c2cncc(CN3CCC(O)CC3)c2)ccc1C. The largest absolute Gasteiger partial charge is 0.393 e. The average molecular weight is 515 g/mol. The Morgan fingerprint density at radius 2 is 1.89 bits per heavy atom. The molecule has 0 aliphatic carbocycles. The number of nitrogens with zero attached hydrogens (tertiary/aromatic N) is 4. The number of pyridine rings is 2. The fourth-order valence-corrected chi connectivity index (χ4v) is 4.50. The van der Waals surface area contributed by atoms with E-state index in [1.165, 1.54) is 0 Å². The van der Waals surface area contributed by atoms with Crippen molar-refractivity contribution in [2.24, 2.45) is 0 Å². The number of carbonyl (C=O) groups is 1. The van der Waals surface area contributed by atoms with Gasteiger partial charge in [-0.25, -0.2) is 4.98 Å². The lowest BCUT2D eigenvalue weighted by molar-refractivity contribution is -0.111. The molecule has 4 rings (SSSR count). The van der Waals surface area contributed by atoms with Gasteiger partial charge in [0.05, 0.1) is 18.0 Å². The highest BCUT2D eigenvalue weighted by molar-refractivity contribution is 6.25. The third-order valence-corrected chi connectivity index (χ3v) is 6.81. The number of aromatic nitrogens is 2. The molecule has 1 saturated heterocycles. The monoisotopic (exact) mass is 514 g/mol. The number of aliphatic hydroxyl groups excluding tert-OH is 1. The lowest BCUT2D eigenvalue weighted by Crippen LogP contribution is -2.35. The van der Waals surface area contributed by atoms with Crippen molar-refractivity contribution in [3.8, 4) is 11.1 Å². The van der Waals surface area contributed by atoms with Crippen molar-refractivity contribution in [3.63, 3.8) is 0 Å². The van der Waals surface area contributed by atoms with Gasteiger partial charge in [-0.1, -0.05) is 18.7 Å². The topological polar surface area (TPSA) is 93.6 Å². The molecule has 1 aliphatic rings. The number of benzene rings is 1. The van der Waals surface area contributed by atoms with Gasteiger partial charge in [0, 0.05) is 56.3 Å². The van der Waals surface area contributed by atoms with Crippen molar-refractivity contribution >= 4 is 23.0 Å². The molecule has 0 atom stereocenters. The number of anilines is 2. The third-order valence-electron chi connectivity index (χ3n) is 6.81. The number of aryl methyl sites for hydroxylation is 1. The summed E-state index contributed by atoms with van der Waals surface area (Å²) in [5.41, 5.74) is 5.89. The Balaban J connectivity index is 1.42. The van der Waals surface area contributed by atoms with Gasteiger partial charge in [-0.2, -0.15) is 0 Å². The van der Waals surface area contributed by atoms with Crippen LogP contribution in [0.1, 0.15) is 29.5 Å². The van der Waals surface area contributed by atoms with Gasteiger partial charge < -0.3 is 20.6 Å². The number of nitrogens with one attached hydrogen (secondary N) is 2. The van der Waals surface area contributed by atoms with Crippen LogP contribution in [0.4, 0.5) is 11.5 Å². The van der Waals surface area contributed by atoms with E-state index in [-0.39, 0.29) is 12.0 Å². The second kappa shape index (κ2) is 12.8. The van der Waals surface area contributed by atoms with Crippen LogP contribution in [0.5, 0.6) is 0 Å². The quantitative estimate of drug-likeness (QED) is 0.352. The van der Waals surface area contributed by atoms with E-state index in [9.17, 15) is 9.90 Å². The van der Waals surface area contributed by atoms with Gasteiger partial charge >= 0.3 is 0 Å². The predicted octanol–water partition coefficient (Wildman–Crippen LogP) is 4.03. The lowest BCUT2D eigenvalue weighted by Gasteiger charge is -2.29. The first-order valence-electron chi connectivity index (χ1n) is 13.1. The zero-order valence-electron chi connectivity index (χ0n) is 22.6. The van der Waals surface area contributed by atoms with Crippen molar-refractivity contribution in [2.45, 2.75) is 32.4 Å². The molecule has 1 amide bonds. The molecule has 8 heteroatoms. The Bertz CT molecular complexity index is 1250. The molecule has 1 aromatic carbocycles. The zero-order valence-corrected chi connectivity index (χ0v) is 22.6. The van der Waals surface area contributed by atoms with Crippen LogP contribution in [-0.4, -0.2) is 77.2 Å². The van der Waals surface area contributed by atoms with Crippen LogP contribution < -0.4 is 10.6 Å². The van der Waals surface area contributed by atoms with Gasteiger partial charge in [-0.15, -0.1) is 0 Å². The predicted molar refractivity (Wildman–Crippen MR) is 154 cm³/mol. The van der Waals surface area contributed by atoms with Gasteiger partial charge in [0.1, 0.15) is 5.82 Å². The van der Waals surface area contributed by atoms with Gasteiger partial charge in [0.2, 0.25) is 0 Å². The minimum atomic E-state index is -0.264. The minimum Gasteiger partial charge on any atom is -0.393 e. The lowest BCUT2D eigenvalue weighted by atomic mass is 9.95. The Morgan fingerprint density at radius 1 is 1.11 bits per heavy atom. The van der Waals surface area contributed by atoms with Gasteiger partial charge in [0.15, 0.2) is 0 Å². The summed E-state index contributed by atoms with van der Waals surface area (Å²) in [5, 5.41) is 15.9. The highest BCUT2D eigenvalue weighted by Crippen LogP contribution is 2.27. The van der Waals surface area contributed by atoms with Crippen LogP contribution in [0.15, 0.2) is 61.6 Å². The molecule has 1 fully saturated rings. The van der Waals surface area contributed by atoms with Gasteiger partial charge in [-0.05, 0) is 80.4 Å². The molecule has 38 heavy (non-hydrogen) atoms. The van der Waals surface area contributed by atoms with E-state index < -0.39 is 0 Å². The Labute approximate surface area is 225 Å². The molecule has 1 aliphatic heterocycles. The van der Waals surface area contributed by atoms with E-state index in [1.54, 1.807) is 6.20 Å². The second-order valence-corrected chi connectivity index (χ2v) is 10.2. The van der Waals surface area contributed by atoms with E-state index >= 15 is 0 Å². The Morgan fingerprint density at radius 3 is 2.61 bits per heavy atom. The molecule has 3 aromatic rings. The van der Waals surface area contributed by atoms with Crippen molar-refractivity contribution in [1.82, 2.24) is 19.8 Å². The summed E-state index contributed by atoms with van der Waals surface area (Å²) in [6.45, 7) is 10.4. The number of hydrogen-bond acceptors (Lipinski definition) is 7. The van der Waals surface area contributed by atoms with Crippen LogP contribution in [0.25, 0.3) is 16.7 Å². The zero-order chi connectivity index (χ0) is 27.1. The first-order valence-corrected chi connectivity index (χ1v) is 13.1. The molecule has 200 valence electrons. The maximum Gasteiger partial charge on any atom is 0.255 e. The van der Waals surface area contributed by atoms with E-state index in [4.69, 9.17) is 0 Å². The first kappa shape index (κ1) is 27.4. The minimum absolute atomic E-state index is 0.183. The maximum absolute atomic E-state index is 13.0. The Kier molecular flexibility index (Phi) is 9.23. The maximum atomic E-state index is 13.0. The van der Waals surface area contributed by atoms with Crippen LogP contribution in [0.2, 0.25) is 0 Å². The molecule has 0 bridgehead atoms. The molecule has 2 aromatic heterocycles. The number of rotatable bonds is 10. The summed E-state index contributed by atoms with van der Waals surface area (Å²) in [6, 6.07) is 11.9. The van der Waals surface area contributed by atoms with Crippen LogP contribution in [-0.2, 0) is 11.3 Å². The van der Waals surface area contributed by atoms with Gasteiger partial charge in [0.25, 0.3) is 5.91 Å². The number of hydrogen-bond donors (Lipinski definition) is 3. The van der Waals surface area contributed by atoms with Crippen molar-refractivity contribution < 1.29 is 9.90 Å². The summed E-state index contributed by atoms with van der Waals surface area (Å²) in [4.78, 5) is 26.4. The number of piperidine rings is 1. The highest BCUT2D eigenvalue weighted by Gasteiger charge is 2.18. The molecule has 0 unspecified atom stereocenters. The highest BCUT2D eigenvalue weighted by atomic mass is 16.3. The van der Waals surface area contributed by atoms with E-state index in [2.05, 4.69) is 43.0 Å². The van der Waals surface area contributed by atoms with E-state index in [1.807, 2.05) is 63.7 Å². The summed E-state index contributed by atoms with van der Waals surface area (Å²) >= 11 is 0. The number of carbonyl (C=O) groups excluding carboxylic acids is 1. The molecular formula is C30H38N6O2. The number of aliphatic hydroxyl groups is 1. The molecule has 0 radical (unpaired) electrons. The summed E-state index contributed by atoms with van der Waals surface area (Å²) in [5.74, 6) is 0.500. The first-order chi connectivity index (χ1) is 18.3. The number of likely N-dealkylation sites (tertiary alicyclic amines) is 1. The summed E-state index contributed by atoms with van der Waals surface area (Å²) in [6.07, 6.45) is 6.83. The normalized spacial score (nSPS) is 14.4. The molecule has 8 nitrogen and oxygen atoms in total. The smallest absolute Gasteiger partial charge is 0.255 e. The van der Waals surface area contributed by atoms with Crippen LogP contribution in [0.3, 0.4) is 0 Å². The van der Waals surface area contributed by atoms with Crippen molar-refractivity contribution in [3.05, 3.63) is 78.3 Å². The number of likely N-dealkylation sites (N-methyl/N-ethyl adjacent to an activating group) is 1. The summed E-state index contributed by atoms with van der Waals surface area (Å²) in [7, 11) is 4.05. The molecule has 3 N–H and O–H groups in total. The van der Waals surface area contributed by atoms with E-state index in [0.717, 1.165) is 79.2 Å². The molecule has 3 heterocycles. The van der Waals surface area contributed by atoms with Crippen molar-refractivity contribution in [2.75, 3.05) is 50.9 Å². The summed E-state index contributed by atoms with van der Waals surface area (Å²) < 4.78 is 0. The number of amides is 1.